The average Bonchev–Trinajstić information content (AvgIpc) is 2.67. The van der Waals surface area contributed by atoms with Crippen molar-refractivity contribution in [3.05, 3.63) is 57.1 Å². The Labute approximate surface area is 161 Å². The predicted molar refractivity (Wildman–Crippen MR) is 110 cm³/mol. The van der Waals surface area contributed by atoms with Crippen LogP contribution in [0.5, 0.6) is 11.5 Å². The Balaban J connectivity index is 2.06. The molecule has 1 heterocycles. The molecule has 0 fully saturated rings. The zero-order chi connectivity index (χ0) is 19.6. The summed E-state index contributed by atoms with van der Waals surface area (Å²) in [5.74, 6) is 0.972. The van der Waals surface area contributed by atoms with Crippen LogP contribution in [-0.2, 0) is 0 Å². The van der Waals surface area contributed by atoms with Gasteiger partial charge in [-0.25, -0.2) is 0 Å². The number of nitrogens with one attached hydrogen (secondary N) is 1. The second kappa shape index (κ2) is 7.63. The molecule has 3 aromatic rings. The zero-order valence-corrected chi connectivity index (χ0v) is 16.3. The molecule has 27 heavy (non-hydrogen) atoms. The number of rotatable bonds is 5. The molecule has 0 radical (unpaired) electrons. The van der Waals surface area contributed by atoms with Crippen LogP contribution in [0.2, 0.25) is 0 Å². The van der Waals surface area contributed by atoms with Gasteiger partial charge in [-0.3, -0.25) is 4.79 Å². The standard InChI is InChI=1S/C19H20N4O3S/c1-22(2)13-7-5-12(6-8-13)11-20-23-18(24)14-9-16(25-3)17(26-4)10-15(14)21-19(23)27/h5-11H,1-4H3,(H,21,27)/b20-11-. The van der Waals surface area contributed by atoms with Gasteiger partial charge in [-0.1, -0.05) is 12.1 Å². The van der Waals surface area contributed by atoms with Crippen molar-refractivity contribution in [1.82, 2.24) is 9.66 Å². The number of methoxy groups -OCH3 is 2. The lowest BCUT2D eigenvalue weighted by Gasteiger charge is -2.11. The highest BCUT2D eigenvalue weighted by atomic mass is 32.1. The number of fused-ring (bicyclic) bond motifs is 1. The van der Waals surface area contributed by atoms with E-state index < -0.39 is 0 Å². The van der Waals surface area contributed by atoms with E-state index in [9.17, 15) is 4.79 Å². The van der Waals surface area contributed by atoms with E-state index in [2.05, 4.69) is 10.1 Å². The van der Waals surface area contributed by atoms with Gasteiger partial charge in [-0.05, 0) is 36.0 Å². The average molecular weight is 384 g/mol. The smallest absolute Gasteiger partial charge is 0.283 e. The fourth-order valence-electron chi connectivity index (χ4n) is 2.62. The van der Waals surface area contributed by atoms with Gasteiger partial charge in [0.05, 0.1) is 31.3 Å². The number of ether oxygens (including phenoxy) is 2. The molecule has 1 N–H and O–H groups in total. The monoisotopic (exact) mass is 384 g/mol. The summed E-state index contributed by atoms with van der Waals surface area (Å²) in [6, 6.07) is 11.1. The summed E-state index contributed by atoms with van der Waals surface area (Å²) in [5, 5.41) is 4.66. The lowest BCUT2D eigenvalue weighted by Crippen LogP contribution is -2.19. The Morgan fingerprint density at radius 3 is 2.33 bits per heavy atom. The molecule has 0 aliphatic heterocycles. The summed E-state index contributed by atoms with van der Waals surface area (Å²) < 4.78 is 11.9. The molecule has 0 spiro atoms. The highest BCUT2D eigenvalue weighted by Crippen LogP contribution is 2.29. The van der Waals surface area contributed by atoms with Crippen molar-refractivity contribution in [2.24, 2.45) is 5.10 Å². The van der Waals surface area contributed by atoms with Crippen LogP contribution >= 0.6 is 12.2 Å². The fourth-order valence-corrected chi connectivity index (χ4v) is 2.86. The second-order valence-corrected chi connectivity index (χ2v) is 6.42. The first kappa shape index (κ1) is 18.7. The van der Waals surface area contributed by atoms with Crippen LogP contribution < -0.4 is 19.9 Å². The van der Waals surface area contributed by atoms with Crippen LogP contribution in [0.3, 0.4) is 0 Å². The number of benzene rings is 2. The maximum Gasteiger partial charge on any atom is 0.283 e. The van der Waals surface area contributed by atoms with Gasteiger partial charge < -0.3 is 19.4 Å². The van der Waals surface area contributed by atoms with Crippen LogP contribution in [0.25, 0.3) is 10.9 Å². The van der Waals surface area contributed by atoms with Gasteiger partial charge in [0.15, 0.2) is 11.5 Å². The third-order valence-electron chi connectivity index (χ3n) is 4.11. The summed E-state index contributed by atoms with van der Waals surface area (Å²) in [7, 11) is 6.99. The molecule has 3 rings (SSSR count). The molecule has 0 bridgehead atoms. The van der Waals surface area contributed by atoms with E-state index in [1.54, 1.807) is 18.3 Å². The number of hydrogen-bond acceptors (Lipinski definition) is 6. The third kappa shape index (κ3) is 3.70. The van der Waals surface area contributed by atoms with Gasteiger partial charge in [0.1, 0.15) is 0 Å². The van der Waals surface area contributed by atoms with Crippen LogP contribution in [0.4, 0.5) is 5.69 Å². The lowest BCUT2D eigenvalue weighted by atomic mass is 10.2. The molecular formula is C19H20N4O3S. The van der Waals surface area contributed by atoms with Crippen molar-refractivity contribution in [2.75, 3.05) is 33.2 Å². The fraction of sp³-hybridized carbons (Fsp3) is 0.211. The molecule has 0 aliphatic carbocycles. The van der Waals surface area contributed by atoms with Crippen molar-refractivity contribution >= 4 is 35.0 Å². The van der Waals surface area contributed by atoms with Crippen LogP contribution in [0.15, 0.2) is 46.3 Å². The first-order valence-electron chi connectivity index (χ1n) is 8.17. The molecule has 0 aliphatic rings. The van der Waals surface area contributed by atoms with Gasteiger partial charge in [-0.15, -0.1) is 0 Å². The van der Waals surface area contributed by atoms with Crippen molar-refractivity contribution in [2.45, 2.75) is 0 Å². The second-order valence-electron chi connectivity index (χ2n) is 6.03. The van der Waals surface area contributed by atoms with E-state index in [0.717, 1.165) is 15.9 Å². The quantitative estimate of drug-likeness (QED) is 0.541. The molecule has 140 valence electrons. The van der Waals surface area contributed by atoms with E-state index in [-0.39, 0.29) is 10.3 Å². The molecule has 7 nitrogen and oxygen atoms in total. The number of aromatic amines is 1. The van der Waals surface area contributed by atoms with E-state index in [4.69, 9.17) is 21.7 Å². The summed E-state index contributed by atoms with van der Waals surface area (Å²) in [6.45, 7) is 0. The van der Waals surface area contributed by atoms with E-state index >= 15 is 0 Å². The first-order chi connectivity index (χ1) is 12.9. The van der Waals surface area contributed by atoms with E-state index in [1.807, 2.05) is 43.3 Å². The van der Waals surface area contributed by atoms with Crippen molar-refractivity contribution in [3.63, 3.8) is 0 Å². The number of H-pyrrole nitrogens is 1. The van der Waals surface area contributed by atoms with Crippen LogP contribution in [-0.4, -0.2) is 44.2 Å². The molecule has 0 amide bonds. The van der Waals surface area contributed by atoms with Crippen LogP contribution in [0, 0.1) is 4.77 Å². The third-order valence-corrected chi connectivity index (χ3v) is 4.39. The molecule has 0 atom stereocenters. The minimum absolute atomic E-state index is 0.195. The maximum absolute atomic E-state index is 12.8. The molecule has 8 heteroatoms. The minimum atomic E-state index is -0.337. The van der Waals surface area contributed by atoms with Gasteiger partial charge >= 0.3 is 0 Å². The Hall–Kier alpha value is -3.13. The van der Waals surface area contributed by atoms with Crippen LogP contribution in [0.1, 0.15) is 5.56 Å². The van der Waals surface area contributed by atoms with Crippen molar-refractivity contribution in [1.29, 1.82) is 0 Å². The maximum atomic E-state index is 12.8. The van der Waals surface area contributed by atoms with Crippen molar-refractivity contribution < 1.29 is 9.47 Å². The Morgan fingerprint density at radius 1 is 1.11 bits per heavy atom. The summed E-state index contributed by atoms with van der Waals surface area (Å²) >= 11 is 5.29. The molecule has 0 unspecified atom stereocenters. The Morgan fingerprint density at radius 2 is 1.74 bits per heavy atom. The van der Waals surface area contributed by atoms with E-state index in [0.29, 0.717) is 22.4 Å². The molecule has 0 saturated carbocycles. The SMILES string of the molecule is COc1cc2[nH]c(=S)n(/N=C\c3ccc(N(C)C)cc3)c(=O)c2cc1OC. The number of aromatic nitrogens is 2. The van der Waals surface area contributed by atoms with Gasteiger partial charge in [0.25, 0.3) is 5.56 Å². The molecule has 1 aromatic heterocycles. The minimum Gasteiger partial charge on any atom is -0.493 e. The lowest BCUT2D eigenvalue weighted by molar-refractivity contribution is 0.355. The first-order valence-corrected chi connectivity index (χ1v) is 8.58. The molecule has 2 aromatic carbocycles. The predicted octanol–water partition coefficient (Wildman–Crippen LogP) is 3.02. The van der Waals surface area contributed by atoms with Gasteiger partial charge in [0.2, 0.25) is 4.77 Å². The summed E-state index contributed by atoms with van der Waals surface area (Å²) in [5.41, 5.74) is 2.16. The Kier molecular flexibility index (Phi) is 5.27. The number of nitrogens with zero attached hydrogens (tertiary/aromatic N) is 3. The van der Waals surface area contributed by atoms with Crippen molar-refractivity contribution in [3.8, 4) is 11.5 Å². The zero-order valence-electron chi connectivity index (χ0n) is 15.5. The highest BCUT2D eigenvalue weighted by molar-refractivity contribution is 7.71. The number of hydrogen-bond donors (Lipinski definition) is 1. The molecule has 0 saturated heterocycles. The van der Waals surface area contributed by atoms with Gasteiger partial charge in [-0.2, -0.15) is 9.78 Å². The molecular weight excluding hydrogens is 364 g/mol. The van der Waals surface area contributed by atoms with E-state index in [1.165, 1.54) is 14.2 Å². The number of anilines is 1. The normalized spacial score (nSPS) is 11.1. The van der Waals surface area contributed by atoms with Gasteiger partial charge in [0, 0.05) is 25.8 Å². The topological polar surface area (TPSA) is 71.9 Å². The summed E-state index contributed by atoms with van der Waals surface area (Å²) in [4.78, 5) is 17.9. The summed E-state index contributed by atoms with van der Waals surface area (Å²) in [6.07, 6.45) is 1.59. The Bertz CT molecular complexity index is 1110. The largest absolute Gasteiger partial charge is 0.493 e. The highest BCUT2D eigenvalue weighted by Gasteiger charge is 2.11.